The largest absolute Gasteiger partial charge is 0.381 e. The summed E-state index contributed by atoms with van der Waals surface area (Å²) in [6.45, 7) is 1.38. The Morgan fingerprint density at radius 3 is 2.87 bits per heavy atom. The third-order valence-electron chi connectivity index (χ3n) is 5.53. The van der Waals surface area contributed by atoms with Crippen molar-refractivity contribution in [2.75, 3.05) is 13.2 Å². The number of rotatable bonds is 5. The molecule has 7 nitrogen and oxygen atoms in total. The van der Waals surface area contributed by atoms with Crippen LogP contribution in [0.1, 0.15) is 34.5 Å². The van der Waals surface area contributed by atoms with Crippen molar-refractivity contribution in [3.8, 4) is 11.3 Å². The summed E-state index contributed by atoms with van der Waals surface area (Å²) < 4.78 is 7.15. The standard InChI is InChI=1S/C23H23N5O2S/c1-28-14-17(13-25-28)20-3-2-15(12-24-20)10-16-11-21(27-23-19(16)6-9-31-23)22(29)26-18-4-7-30-8-5-18/h2-3,6,9,11-14,18H,4-5,7-8,10H2,1H3,(H,26,29). The second-order valence-corrected chi connectivity index (χ2v) is 8.69. The third-order valence-corrected chi connectivity index (χ3v) is 6.34. The summed E-state index contributed by atoms with van der Waals surface area (Å²) in [5, 5.41) is 10.4. The van der Waals surface area contributed by atoms with Gasteiger partial charge in [-0.1, -0.05) is 6.07 Å². The van der Waals surface area contributed by atoms with Gasteiger partial charge in [-0.25, -0.2) is 4.98 Å². The van der Waals surface area contributed by atoms with E-state index in [1.807, 2.05) is 43.2 Å². The average molecular weight is 434 g/mol. The number of fused-ring (bicyclic) bond motifs is 1. The zero-order valence-corrected chi connectivity index (χ0v) is 18.1. The summed E-state index contributed by atoms with van der Waals surface area (Å²) in [6, 6.07) is 8.22. The number of nitrogens with zero attached hydrogens (tertiary/aromatic N) is 4. The van der Waals surface area contributed by atoms with Gasteiger partial charge in [0.25, 0.3) is 5.91 Å². The second-order valence-electron chi connectivity index (χ2n) is 7.80. The van der Waals surface area contributed by atoms with E-state index in [9.17, 15) is 4.79 Å². The number of carbonyl (C=O) groups is 1. The van der Waals surface area contributed by atoms with Gasteiger partial charge in [0.2, 0.25) is 0 Å². The Morgan fingerprint density at radius 1 is 1.26 bits per heavy atom. The molecule has 0 unspecified atom stereocenters. The van der Waals surface area contributed by atoms with E-state index in [0.29, 0.717) is 25.3 Å². The lowest BCUT2D eigenvalue weighted by atomic mass is 10.0. The number of carbonyl (C=O) groups excluding carboxylic acids is 1. The maximum Gasteiger partial charge on any atom is 0.270 e. The van der Waals surface area contributed by atoms with Crippen LogP contribution in [0.15, 0.2) is 48.2 Å². The quantitative estimate of drug-likeness (QED) is 0.520. The molecule has 158 valence electrons. The molecule has 0 atom stereocenters. The molecule has 1 aliphatic rings. The smallest absolute Gasteiger partial charge is 0.270 e. The number of aryl methyl sites for hydroxylation is 1. The molecule has 8 heteroatoms. The Bertz CT molecular complexity index is 1210. The molecule has 5 rings (SSSR count). The molecule has 1 N–H and O–H groups in total. The van der Waals surface area contributed by atoms with Crippen LogP contribution in [0.3, 0.4) is 0 Å². The van der Waals surface area contributed by atoms with E-state index in [2.05, 4.69) is 32.5 Å². The number of aromatic nitrogens is 4. The van der Waals surface area contributed by atoms with Crippen molar-refractivity contribution in [3.05, 3.63) is 65.1 Å². The van der Waals surface area contributed by atoms with Gasteiger partial charge in [0.15, 0.2) is 0 Å². The number of nitrogens with one attached hydrogen (secondary N) is 1. The molecule has 1 saturated heterocycles. The Balaban J connectivity index is 1.38. The van der Waals surface area contributed by atoms with Crippen LogP contribution in [0.4, 0.5) is 0 Å². The van der Waals surface area contributed by atoms with Crippen LogP contribution < -0.4 is 5.32 Å². The van der Waals surface area contributed by atoms with Gasteiger partial charge in [-0.05, 0) is 54.0 Å². The number of hydrogen-bond donors (Lipinski definition) is 1. The first-order chi connectivity index (χ1) is 15.2. The lowest BCUT2D eigenvalue weighted by Gasteiger charge is -2.23. The number of thiophene rings is 1. The van der Waals surface area contributed by atoms with Gasteiger partial charge < -0.3 is 10.1 Å². The maximum atomic E-state index is 12.9. The highest BCUT2D eigenvalue weighted by atomic mass is 32.1. The maximum absolute atomic E-state index is 12.9. The molecule has 0 spiro atoms. The summed E-state index contributed by atoms with van der Waals surface area (Å²) >= 11 is 1.56. The molecule has 1 fully saturated rings. The molecule has 0 aromatic carbocycles. The molecular formula is C23H23N5O2S. The highest BCUT2D eigenvalue weighted by Crippen LogP contribution is 2.26. The molecule has 1 aliphatic heterocycles. The van der Waals surface area contributed by atoms with E-state index >= 15 is 0 Å². The first-order valence-corrected chi connectivity index (χ1v) is 11.2. The Hall–Kier alpha value is -3.10. The van der Waals surface area contributed by atoms with Crippen molar-refractivity contribution < 1.29 is 9.53 Å². The minimum absolute atomic E-state index is 0.117. The fourth-order valence-electron chi connectivity index (χ4n) is 3.85. The minimum atomic E-state index is -0.117. The summed E-state index contributed by atoms with van der Waals surface area (Å²) in [5.74, 6) is -0.117. The van der Waals surface area contributed by atoms with Crippen LogP contribution >= 0.6 is 11.3 Å². The molecule has 5 heterocycles. The normalized spacial score (nSPS) is 14.7. The summed E-state index contributed by atoms with van der Waals surface area (Å²) in [4.78, 5) is 23.0. The van der Waals surface area contributed by atoms with Gasteiger partial charge in [-0.3, -0.25) is 14.5 Å². The van der Waals surface area contributed by atoms with Crippen molar-refractivity contribution in [1.29, 1.82) is 0 Å². The summed E-state index contributed by atoms with van der Waals surface area (Å²) in [7, 11) is 1.89. The van der Waals surface area contributed by atoms with Crippen LogP contribution in [0, 0.1) is 0 Å². The highest BCUT2D eigenvalue weighted by Gasteiger charge is 2.19. The van der Waals surface area contributed by atoms with Crippen molar-refractivity contribution in [2.45, 2.75) is 25.3 Å². The van der Waals surface area contributed by atoms with Crippen molar-refractivity contribution in [1.82, 2.24) is 25.1 Å². The van der Waals surface area contributed by atoms with Gasteiger partial charge in [0.05, 0.1) is 11.9 Å². The molecule has 0 radical (unpaired) electrons. The van der Waals surface area contributed by atoms with Gasteiger partial charge >= 0.3 is 0 Å². The van der Waals surface area contributed by atoms with E-state index in [1.54, 1.807) is 16.0 Å². The molecule has 0 bridgehead atoms. The molecule has 31 heavy (non-hydrogen) atoms. The topological polar surface area (TPSA) is 81.9 Å². The lowest BCUT2D eigenvalue weighted by Crippen LogP contribution is -2.39. The first kappa shape index (κ1) is 19.8. The molecule has 0 saturated carbocycles. The number of amides is 1. The molecule has 0 aliphatic carbocycles. The van der Waals surface area contributed by atoms with Crippen molar-refractivity contribution >= 4 is 27.5 Å². The van der Waals surface area contributed by atoms with Crippen LogP contribution in [0.25, 0.3) is 21.5 Å². The number of hydrogen-bond acceptors (Lipinski definition) is 6. The van der Waals surface area contributed by atoms with Gasteiger partial charge in [-0.15, -0.1) is 11.3 Å². The molecule has 4 aromatic heterocycles. The van der Waals surface area contributed by atoms with E-state index in [-0.39, 0.29) is 11.9 Å². The number of ether oxygens (including phenoxy) is 1. The van der Waals surface area contributed by atoms with E-state index < -0.39 is 0 Å². The molecular weight excluding hydrogens is 410 g/mol. The Labute approximate surface area is 184 Å². The van der Waals surface area contributed by atoms with Crippen LogP contribution in [-0.2, 0) is 18.2 Å². The van der Waals surface area contributed by atoms with Crippen LogP contribution in [0.2, 0.25) is 0 Å². The fourth-order valence-corrected chi connectivity index (χ4v) is 4.66. The fraction of sp³-hybridized carbons (Fsp3) is 0.304. The number of pyridine rings is 2. The molecule has 1 amide bonds. The van der Waals surface area contributed by atoms with Crippen molar-refractivity contribution in [3.63, 3.8) is 0 Å². The zero-order valence-electron chi connectivity index (χ0n) is 17.2. The lowest BCUT2D eigenvalue weighted by molar-refractivity contribution is 0.0694. The van der Waals surface area contributed by atoms with Crippen molar-refractivity contribution in [2.24, 2.45) is 7.05 Å². The second kappa shape index (κ2) is 8.56. The summed E-state index contributed by atoms with van der Waals surface area (Å²) in [5.41, 5.74) is 4.52. The Kier molecular flexibility index (Phi) is 5.48. The molecule has 4 aromatic rings. The van der Waals surface area contributed by atoms with E-state index in [0.717, 1.165) is 45.4 Å². The van der Waals surface area contributed by atoms with Gasteiger partial charge in [-0.2, -0.15) is 5.10 Å². The predicted octanol–water partition coefficient (Wildman–Crippen LogP) is 3.59. The van der Waals surface area contributed by atoms with E-state index in [4.69, 9.17) is 4.74 Å². The monoisotopic (exact) mass is 433 g/mol. The van der Waals surface area contributed by atoms with Gasteiger partial charge in [0.1, 0.15) is 10.5 Å². The minimum Gasteiger partial charge on any atom is -0.381 e. The average Bonchev–Trinajstić information content (AvgIpc) is 3.44. The Morgan fingerprint density at radius 2 is 2.13 bits per heavy atom. The zero-order chi connectivity index (χ0) is 21.2. The van der Waals surface area contributed by atoms with Gasteiger partial charge in [0, 0.05) is 49.6 Å². The summed E-state index contributed by atoms with van der Waals surface area (Å²) in [6.07, 6.45) is 8.02. The SMILES string of the molecule is Cn1cc(-c2ccc(Cc3cc(C(=O)NC4CCOCC4)nc4sccc34)cn2)cn1. The predicted molar refractivity (Wildman–Crippen MR) is 120 cm³/mol. The van der Waals surface area contributed by atoms with Crippen LogP contribution in [0.5, 0.6) is 0 Å². The first-order valence-electron chi connectivity index (χ1n) is 10.4. The van der Waals surface area contributed by atoms with Crippen LogP contribution in [-0.4, -0.2) is 44.9 Å². The third kappa shape index (κ3) is 4.35. The van der Waals surface area contributed by atoms with E-state index in [1.165, 1.54) is 0 Å². The highest BCUT2D eigenvalue weighted by molar-refractivity contribution is 7.16.